The van der Waals surface area contributed by atoms with Crippen molar-refractivity contribution in [1.82, 2.24) is 5.43 Å². The molecule has 1 aromatic heterocycles. The molecule has 1 heterocycles. The number of primary amides is 1. The molecule has 82 valence electrons. The lowest BCUT2D eigenvalue weighted by Crippen LogP contribution is -2.24. The summed E-state index contributed by atoms with van der Waals surface area (Å²) in [5.41, 5.74) is 6.62. The molecule has 0 spiro atoms. The van der Waals surface area contributed by atoms with Crippen LogP contribution >= 0.6 is 17.0 Å². The van der Waals surface area contributed by atoms with Crippen molar-refractivity contribution in [3.8, 4) is 0 Å². The molecule has 9 heteroatoms. The Kier molecular flexibility index (Phi) is 5.02. The minimum Gasteiger partial charge on any atom is -0.400 e. The van der Waals surface area contributed by atoms with Crippen LogP contribution in [0, 0.1) is 10.1 Å². The molecule has 8 nitrogen and oxygen atoms in total. The molecule has 0 aliphatic carbocycles. The zero-order valence-electron chi connectivity index (χ0n) is 7.25. The molecule has 15 heavy (non-hydrogen) atoms. The van der Waals surface area contributed by atoms with E-state index >= 15 is 0 Å². The summed E-state index contributed by atoms with van der Waals surface area (Å²) in [6.45, 7) is 0. The van der Waals surface area contributed by atoms with Crippen LogP contribution in [0.25, 0.3) is 0 Å². The maximum atomic E-state index is 10.2. The van der Waals surface area contributed by atoms with Crippen LogP contribution in [-0.2, 0) is 0 Å². The second-order valence-corrected chi connectivity index (χ2v) is 2.17. The van der Waals surface area contributed by atoms with Gasteiger partial charge in [0.2, 0.25) is 0 Å². The number of urea groups is 1. The number of nitro groups is 1. The lowest BCUT2D eigenvalue weighted by molar-refractivity contribution is -0.402. The molecule has 0 saturated carbocycles. The minimum absolute atomic E-state index is 0. The van der Waals surface area contributed by atoms with E-state index in [0.717, 1.165) is 6.21 Å². The van der Waals surface area contributed by atoms with Crippen LogP contribution in [-0.4, -0.2) is 17.2 Å². The third-order valence-electron chi connectivity index (χ3n) is 1.16. The zero-order valence-corrected chi connectivity index (χ0v) is 8.96. The van der Waals surface area contributed by atoms with E-state index in [0.29, 0.717) is 0 Å². The van der Waals surface area contributed by atoms with Gasteiger partial charge in [0.1, 0.15) is 4.92 Å². The van der Waals surface area contributed by atoms with Gasteiger partial charge in [0.25, 0.3) is 0 Å². The molecule has 1 rings (SSSR count). The van der Waals surface area contributed by atoms with Crippen LogP contribution in [0.1, 0.15) is 5.76 Å². The SMILES string of the molecule is Br.NC(=O)N/N=C/c1ccc([N+](=O)[O-])o1. The van der Waals surface area contributed by atoms with Crippen LogP contribution in [0.15, 0.2) is 21.7 Å². The largest absolute Gasteiger partial charge is 0.433 e. The Labute approximate surface area is 94.0 Å². The van der Waals surface area contributed by atoms with Gasteiger partial charge in [-0.1, -0.05) is 0 Å². The van der Waals surface area contributed by atoms with Gasteiger partial charge in [0.15, 0.2) is 5.76 Å². The van der Waals surface area contributed by atoms with E-state index in [1.807, 2.05) is 5.43 Å². The summed E-state index contributed by atoms with van der Waals surface area (Å²) in [4.78, 5) is 19.7. The summed E-state index contributed by atoms with van der Waals surface area (Å²) in [5.74, 6) is -0.254. The standard InChI is InChI=1S/C6H6N4O4.BrH/c7-6(11)9-8-3-4-1-2-5(14-4)10(12)13;/h1-3H,(H3,7,9,11);1H/b8-3+;. The van der Waals surface area contributed by atoms with E-state index < -0.39 is 16.8 Å². The first-order valence-electron chi connectivity index (χ1n) is 3.42. The number of nitrogens with zero attached hydrogens (tertiary/aromatic N) is 2. The normalized spacial score (nSPS) is 9.60. The van der Waals surface area contributed by atoms with Gasteiger partial charge >= 0.3 is 11.9 Å². The Balaban J connectivity index is 0.00000196. The Morgan fingerprint density at radius 2 is 2.33 bits per heavy atom. The van der Waals surface area contributed by atoms with Gasteiger partial charge in [0.05, 0.1) is 12.3 Å². The van der Waals surface area contributed by atoms with Crippen molar-refractivity contribution in [3.05, 3.63) is 28.0 Å². The van der Waals surface area contributed by atoms with Gasteiger partial charge < -0.3 is 10.2 Å². The van der Waals surface area contributed by atoms with Crippen molar-refractivity contribution >= 4 is 35.1 Å². The van der Waals surface area contributed by atoms with Gasteiger partial charge in [-0.15, -0.1) is 17.0 Å². The Bertz CT molecular complexity index is 388. The average molecular weight is 279 g/mol. The number of carbonyl (C=O) groups is 1. The zero-order chi connectivity index (χ0) is 10.6. The fraction of sp³-hybridized carbons (Fsp3) is 0. The predicted molar refractivity (Wildman–Crippen MR) is 56.0 cm³/mol. The summed E-state index contributed by atoms with van der Waals surface area (Å²) in [6.07, 6.45) is 1.10. The van der Waals surface area contributed by atoms with Gasteiger partial charge in [-0.25, -0.2) is 10.2 Å². The number of nitrogens with two attached hydrogens (primary N) is 1. The number of nitrogens with one attached hydrogen (secondary N) is 1. The first-order valence-corrected chi connectivity index (χ1v) is 3.42. The molecule has 2 amide bonds. The molecular weight excluding hydrogens is 272 g/mol. The molecule has 0 aliphatic heterocycles. The molecule has 1 aromatic rings. The second-order valence-electron chi connectivity index (χ2n) is 2.17. The summed E-state index contributed by atoms with van der Waals surface area (Å²) in [7, 11) is 0. The summed E-state index contributed by atoms with van der Waals surface area (Å²) in [6, 6.07) is 1.68. The highest BCUT2D eigenvalue weighted by Gasteiger charge is 2.09. The molecule has 0 aromatic carbocycles. The molecule has 3 N–H and O–H groups in total. The van der Waals surface area contributed by atoms with Crippen LogP contribution in [0.5, 0.6) is 0 Å². The Morgan fingerprint density at radius 3 is 2.80 bits per heavy atom. The lowest BCUT2D eigenvalue weighted by Gasteiger charge is -1.88. The fourth-order valence-corrected chi connectivity index (χ4v) is 0.669. The number of carbonyl (C=O) groups excluding carboxylic acids is 1. The summed E-state index contributed by atoms with van der Waals surface area (Å²) in [5, 5.41) is 13.5. The number of rotatable bonds is 3. The van der Waals surface area contributed by atoms with Crippen molar-refractivity contribution in [2.45, 2.75) is 0 Å². The van der Waals surface area contributed by atoms with E-state index in [9.17, 15) is 14.9 Å². The Hall–Kier alpha value is -1.90. The van der Waals surface area contributed by atoms with Crippen LogP contribution in [0.2, 0.25) is 0 Å². The third-order valence-corrected chi connectivity index (χ3v) is 1.16. The van der Waals surface area contributed by atoms with E-state index in [-0.39, 0.29) is 22.7 Å². The van der Waals surface area contributed by atoms with Crippen LogP contribution in [0.3, 0.4) is 0 Å². The van der Waals surface area contributed by atoms with Crippen molar-refractivity contribution in [3.63, 3.8) is 0 Å². The summed E-state index contributed by atoms with van der Waals surface area (Å²) >= 11 is 0. The van der Waals surface area contributed by atoms with Crippen molar-refractivity contribution in [2.75, 3.05) is 0 Å². The highest BCUT2D eigenvalue weighted by molar-refractivity contribution is 8.93. The molecule has 0 unspecified atom stereocenters. The van der Waals surface area contributed by atoms with Gasteiger partial charge in [0, 0.05) is 0 Å². The first kappa shape index (κ1) is 13.1. The maximum Gasteiger partial charge on any atom is 0.433 e. The van der Waals surface area contributed by atoms with E-state index in [1.165, 1.54) is 12.1 Å². The topological polar surface area (TPSA) is 124 Å². The third kappa shape index (κ3) is 4.22. The first-order chi connectivity index (χ1) is 6.59. The molecular formula is C6H7BrN4O4. The number of halogens is 1. The molecule has 0 atom stereocenters. The van der Waals surface area contributed by atoms with Gasteiger partial charge in [-0.05, 0) is 6.07 Å². The van der Waals surface area contributed by atoms with Crippen LogP contribution < -0.4 is 11.2 Å². The highest BCUT2D eigenvalue weighted by atomic mass is 79.9. The molecule has 0 radical (unpaired) electrons. The number of amides is 2. The number of hydrogen-bond acceptors (Lipinski definition) is 5. The minimum atomic E-state index is -0.831. The van der Waals surface area contributed by atoms with Crippen molar-refractivity contribution in [2.24, 2.45) is 10.8 Å². The monoisotopic (exact) mass is 278 g/mol. The van der Waals surface area contributed by atoms with Crippen molar-refractivity contribution in [1.29, 1.82) is 0 Å². The molecule has 0 bridgehead atoms. The average Bonchev–Trinajstić information content (AvgIpc) is 2.52. The van der Waals surface area contributed by atoms with E-state index in [4.69, 9.17) is 5.73 Å². The smallest absolute Gasteiger partial charge is 0.400 e. The van der Waals surface area contributed by atoms with Crippen LogP contribution in [0.4, 0.5) is 10.7 Å². The van der Waals surface area contributed by atoms with E-state index in [2.05, 4.69) is 9.52 Å². The predicted octanol–water partition coefficient (Wildman–Crippen LogP) is 0.768. The maximum absolute atomic E-state index is 10.2. The second kappa shape index (κ2) is 5.75. The molecule has 0 fully saturated rings. The van der Waals surface area contributed by atoms with Crippen molar-refractivity contribution < 1.29 is 14.1 Å². The number of hydrazone groups is 1. The Morgan fingerprint density at radius 1 is 1.67 bits per heavy atom. The van der Waals surface area contributed by atoms with E-state index in [1.54, 1.807) is 0 Å². The van der Waals surface area contributed by atoms with Gasteiger partial charge in [-0.2, -0.15) is 5.10 Å². The number of hydrogen-bond donors (Lipinski definition) is 2. The quantitative estimate of drug-likeness (QED) is 0.481. The summed E-state index contributed by atoms with van der Waals surface area (Å²) < 4.78 is 4.69. The molecule has 0 aliphatic rings. The van der Waals surface area contributed by atoms with Gasteiger partial charge in [-0.3, -0.25) is 10.1 Å². The fourth-order valence-electron chi connectivity index (χ4n) is 0.669. The highest BCUT2D eigenvalue weighted by Crippen LogP contribution is 2.13. The number of furan rings is 1. The lowest BCUT2D eigenvalue weighted by atomic mass is 10.5. The molecule has 0 saturated heterocycles.